The largest absolute Gasteiger partial charge is 0.477 e. The van der Waals surface area contributed by atoms with Crippen LogP contribution in [-0.2, 0) is 16.1 Å². The molecular formula is C29H38ClFN6O6. The average Bonchev–Trinajstić information content (AvgIpc) is 3.42. The number of hydrogen-bond donors (Lipinski definition) is 4. The number of primary amides is 1. The molecule has 3 aromatic rings. The Morgan fingerprint density at radius 2 is 1.74 bits per heavy atom. The molecule has 234 valence electrons. The summed E-state index contributed by atoms with van der Waals surface area (Å²) >= 11 is 0. The minimum Gasteiger partial charge on any atom is -0.477 e. The van der Waals surface area contributed by atoms with Crippen molar-refractivity contribution in [1.29, 1.82) is 0 Å². The fraction of sp³-hybridized carbons (Fsp3) is 0.448. The Balaban J connectivity index is 0.000000342. The van der Waals surface area contributed by atoms with Crippen LogP contribution in [0.4, 0.5) is 4.39 Å². The number of nitrogens with two attached hydrogens (primary N) is 2. The molecule has 6 rings (SSSR count). The molecule has 3 aliphatic carbocycles. The predicted octanol–water partition coefficient (Wildman–Crippen LogP) is 3.42. The fourth-order valence-electron chi connectivity index (χ4n) is 5.61. The zero-order valence-electron chi connectivity index (χ0n) is 23.3. The molecule has 3 aliphatic rings. The molecule has 3 fully saturated rings. The molecule has 0 spiro atoms. The third-order valence-corrected chi connectivity index (χ3v) is 8.32. The first-order valence-electron chi connectivity index (χ1n) is 13.2. The monoisotopic (exact) mass is 620 g/mol. The standard InChI is InChI=1S/C17H14FN5O4.C11H19NO2.CH4.ClH/c1-8-4-9(2-3-10(8)18)6-20-16(25)11-5-12(17(26)27)23-7-21-13(14(19)24)15(23)22-11;1-14-9(13)11-5-2-10(8-12,3-6-11)4-7-11;;/h2-5,7H,6H2,1H3,(H2,19,24)(H,20,25)(H,26,27);2-8,12H2,1H3;1H4;1H. The van der Waals surface area contributed by atoms with Gasteiger partial charge in [-0.25, -0.2) is 19.2 Å². The minimum atomic E-state index is -1.33. The molecule has 0 saturated heterocycles. The number of carboxylic acid groups (broad SMARTS) is 1. The van der Waals surface area contributed by atoms with Crippen LogP contribution in [0.5, 0.6) is 0 Å². The van der Waals surface area contributed by atoms with E-state index in [2.05, 4.69) is 15.3 Å². The zero-order chi connectivity index (χ0) is 29.9. The van der Waals surface area contributed by atoms with Crippen LogP contribution < -0.4 is 16.8 Å². The number of fused-ring (bicyclic) bond motifs is 4. The number of methoxy groups -OCH3 is 1. The summed E-state index contributed by atoms with van der Waals surface area (Å²) in [7, 11) is 1.50. The summed E-state index contributed by atoms with van der Waals surface area (Å²) in [5.74, 6) is -3.26. The van der Waals surface area contributed by atoms with Gasteiger partial charge in [0.15, 0.2) is 11.3 Å². The summed E-state index contributed by atoms with van der Waals surface area (Å²) in [6.07, 6.45) is 7.37. The van der Waals surface area contributed by atoms with Gasteiger partial charge in [0, 0.05) is 12.6 Å². The summed E-state index contributed by atoms with van der Waals surface area (Å²) in [6, 6.07) is 5.45. The summed E-state index contributed by atoms with van der Waals surface area (Å²) in [6.45, 7) is 2.46. The smallest absolute Gasteiger partial charge is 0.353 e. The van der Waals surface area contributed by atoms with Gasteiger partial charge in [0.1, 0.15) is 23.5 Å². The van der Waals surface area contributed by atoms with E-state index in [4.69, 9.17) is 16.2 Å². The molecule has 1 aromatic carbocycles. The molecule has 12 nitrogen and oxygen atoms in total. The molecule has 2 amide bonds. The number of carbonyl (C=O) groups excluding carboxylic acids is 3. The maximum absolute atomic E-state index is 13.3. The van der Waals surface area contributed by atoms with Crippen LogP contribution in [-0.4, -0.2) is 56.9 Å². The van der Waals surface area contributed by atoms with Crippen molar-refractivity contribution < 1.29 is 33.4 Å². The molecule has 6 N–H and O–H groups in total. The molecule has 0 radical (unpaired) electrons. The van der Waals surface area contributed by atoms with E-state index < -0.39 is 17.8 Å². The Hall–Kier alpha value is -4.10. The van der Waals surface area contributed by atoms with Crippen LogP contribution in [0.25, 0.3) is 5.65 Å². The predicted molar refractivity (Wildman–Crippen MR) is 158 cm³/mol. The van der Waals surface area contributed by atoms with Gasteiger partial charge in [0.2, 0.25) is 0 Å². The third kappa shape index (κ3) is 7.11. The SMILES string of the molecule is C.COC(=O)C12CCC(CN)(CC1)CC2.Cc1cc(CNC(=O)c2cc(C(=O)O)n3cnc(C(N)=O)c3n2)ccc1F.Cl. The van der Waals surface area contributed by atoms with Crippen molar-refractivity contribution in [1.82, 2.24) is 19.7 Å². The Kier molecular flexibility index (Phi) is 11.4. The number of carbonyl (C=O) groups is 4. The lowest BCUT2D eigenvalue weighted by Crippen LogP contribution is -2.49. The van der Waals surface area contributed by atoms with Gasteiger partial charge in [0.25, 0.3) is 11.8 Å². The van der Waals surface area contributed by atoms with Gasteiger partial charge < -0.3 is 26.6 Å². The van der Waals surface area contributed by atoms with Crippen LogP contribution in [0.1, 0.15) is 88.5 Å². The first-order valence-corrected chi connectivity index (χ1v) is 13.2. The number of aryl methyl sites for hydroxylation is 1. The van der Waals surface area contributed by atoms with Crippen molar-refractivity contribution in [3.8, 4) is 0 Å². The molecule has 43 heavy (non-hydrogen) atoms. The van der Waals surface area contributed by atoms with Gasteiger partial charge in [-0.15, -0.1) is 12.4 Å². The molecule has 3 saturated carbocycles. The average molecular weight is 621 g/mol. The van der Waals surface area contributed by atoms with Crippen LogP contribution in [0, 0.1) is 23.6 Å². The lowest BCUT2D eigenvalue weighted by Gasteiger charge is -2.51. The number of ether oxygens (including phenoxy) is 1. The second-order valence-corrected chi connectivity index (χ2v) is 10.7. The molecule has 0 unspecified atom stereocenters. The quantitative estimate of drug-likeness (QED) is 0.286. The third-order valence-electron chi connectivity index (χ3n) is 8.32. The highest BCUT2D eigenvalue weighted by molar-refractivity contribution is 6.00. The van der Waals surface area contributed by atoms with Crippen molar-refractivity contribution in [3.05, 3.63) is 64.6 Å². The first kappa shape index (κ1) is 35.1. The minimum absolute atomic E-state index is 0. The van der Waals surface area contributed by atoms with E-state index in [1.807, 2.05) is 0 Å². The van der Waals surface area contributed by atoms with Crippen LogP contribution in [0.3, 0.4) is 0 Å². The molecule has 0 aliphatic heterocycles. The summed E-state index contributed by atoms with van der Waals surface area (Å²) < 4.78 is 19.3. The number of benzene rings is 1. The number of esters is 1. The molecule has 2 bridgehead atoms. The van der Waals surface area contributed by atoms with E-state index in [1.54, 1.807) is 13.0 Å². The normalized spacial score (nSPS) is 20.1. The highest BCUT2D eigenvalue weighted by Gasteiger charge is 2.52. The summed E-state index contributed by atoms with van der Waals surface area (Å²) in [5, 5.41) is 11.9. The van der Waals surface area contributed by atoms with E-state index in [1.165, 1.54) is 19.2 Å². The van der Waals surface area contributed by atoms with Crippen molar-refractivity contribution in [3.63, 3.8) is 0 Å². The van der Waals surface area contributed by atoms with Crippen LogP contribution >= 0.6 is 12.4 Å². The molecule has 14 heteroatoms. The lowest BCUT2D eigenvalue weighted by atomic mass is 9.54. The van der Waals surface area contributed by atoms with Gasteiger partial charge in [0.05, 0.1) is 12.5 Å². The number of carboxylic acids is 1. The second kappa shape index (κ2) is 13.9. The number of aromatic carboxylic acids is 1. The lowest BCUT2D eigenvalue weighted by molar-refractivity contribution is -0.162. The number of aromatic nitrogens is 3. The fourth-order valence-corrected chi connectivity index (χ4v) is 5.61. The Morgan fingerprint density at radius 3 is 2.26 bits per heavy atom. The van der Waals surface area contributed by atoms with Crippen LogP contribution in [0.15, 0.2) is 30.6 Å². The van der Waals surface area contributed by atoms with Gasteiger partial charge in [-0.1, -0.05) is 19.6 Å². The Morgan fingerprint density at radius 1 is 1.12 bits per heavy atom. The Labute approximate surface area is 254 Å². The van der Waals surface area contributed by atoms with Gasteiger partial charge in [-0.3, -0.25) is 18.8 Å². The molecule has 2 heterocycles. The number of amides is 2. The van der Waals surface area contributed by atoms with E-state index >= 15 is 0 Å². The number of nitrogens with one attached hydrogen (secondary N) is 1. The maximum Gasteiger partial charge on any atom is 0.353 e. The van der Waals surface area contributed by atoms with Gasteiger partial charge in [-0.05, 0) is 74.6 Å². The Bertz CT molecular complexity index is 1500. The number of imidazole rings is 1. The van der Waals surface area contributed by atoms with Crippen molar-refractivity contribution >= 4 is 41.8 Å². The van der Waals surface area contributed by atoms with E-state index in [9.17, 15) is 28.7 Å². The second-order valence-electron chi connectivity index (χ2n) is 10.7. The summed E-state index contributed by atoms with van der Waals surface area (Å²) in [4.78, 5) is 54.7. The number of hydrogen-bond acceptors (Lipinski definition) is 8. The van der Waals surface area contributed by atoms with E-state index in [0.29, 0.717) is 16.5 Å². The highest BCUT2D eigenvalue weighted by Crippen LogP contribution is 2.56. The first-order chi connectivity index (χ1) is 19.4. The van der Waals surface area contributed by atoms with Crippen molar-refractivity contribution in [2.45, 2.75) is 59.4 Å². The van der Waals surface area contributed by atoms with Gasteiger partial charge in [-0.2, -0.15) is 0 Å². The topological polar surface area (TPSA) is 192 Å². The highest BCUT2D eigenvalue weighted by atomic mass is 35.5. The number of halogens is 2. The number of nitrogens with zero attached hydrogens (tertiary/aromatic N) is 3. The van der Waals surface area contributed by atoms with E-state index in [0.717, 1.165) is 61.9 Å². The molecule has 0 atom stereocenters. The molecular weight excluding hydrogens is 583 g/mol. The molecule has 2 aromatic heterocycles. The van der Waals surface area contributed by atoms with Gasteiger partial charge >= 0.3 is 11.9 Å². The van der Waals surface area contributed by atoms with Crippen molar-refractivity contribution in [2.75, 3.05) is 13.7 Å². The van der Waals surface area contributed by atoms with Crippen LogP contribution in [0.2, 0.25) is 0 Å². The number of rotatable bonds is 7. The summed E-state index contributed by atoms with van der Waals surface area (Å²) in [5.41, 5.74) is 11.4. The van der Waals surface area contributed by atoms with E-state index in [-0.39, 0.29) is 66.3 Å². The maximum atomic E-state index is 13.3. The van der Waals surface area contributed by atoms with Crippen molar-refractivity contribution in [2.24, 2.45) is 22.3 Å². The zero-order valence-corrected chi connectivity index (χ0v) is 24.1.